The Balaban J connectivity index is 1.26. The molecule has 1 aliphatic rings. The SMILES string of the molecule is Cc1cccc(N2CCN(CCCNC(=O)C(C)SCC(=O)Nc3ccc(F)cc3)CC2)c1. The summed E-state index contributed by atoms with van der Waals surface area (Å²) in [6, 6.07) is 14.2. The van der Waals surface area contributed by atoms with Crippen LogP contribution in [-0.2, 0) is 9.59 Å². The van der Waals surface area contributed by atoms with Crippen LogP contribution in [0.5, 0.6) is 0 Å². The first-order chi connectivity index (χ1) is 15.9. The van der Waals surface area contributed by atoms with Crippen molar-refractivity contribution in [2.24, 2.45) is 0 Å². The molecule has 0 spiro atoms. The van der Waals surface area contributed by atoms with E-state index in [0.29, 0.717) is 12.2 Å². The molecule has 0 aromatic heterocycles. The first-order valence-corrected chi connectivity index (χ1v) is 12.4. The first-order valence-electron chi connectivity index (χ1n) is 11.4. The van der Waals surface area contributed by atoms with E-state index in [4.69, 9.17) is 0 Å². The lowest BCUT2D eigenvalue weighted by atomic mass is 10.2. The van der Waals surface area contributed by atoms with E-state index in [1.54, 1.807) is 6.92 Å². The first kappa shape index (κ1) is 25.1. The molecule has 1 saturated heterocycles. The number of piperazine rings is 1. The van der Waals surface area contributed by atoms with E-state index >= 15 is 0 Å². The van der Waals surface area contributed by atoms with Crippen LogP contribution in [0.3, 0.4) is 0 Å². The van der Waals surface area contributed by atoms with Crippen LogP contribution in [0.25, 0.3) is 0 Å². The van der Waals surface area contributed by atoms with Gasteiger partial charge in [0.25, 0.3) is 0 Å². The molecule has 2 aromatic rings. The van der Waals surface area contributed by atoms with Crippen LogP contribution < -0.4 is 15.5 Å². The van der Waals surface area contributed by atoms with Gasteiger partial charge in [0.2, 0.25) is 11.8 Å². The minimum absolute atomic E-state index is 0.0566. The monoisotopic (exact) mass is 472 g/mol. The maximum atomic E-state index is 12.9. The van der Waals surface area contributed by atoms with Gasteiger partial charge in [0.1, 0.15) is 5.82 Å². The van der Waals surface area contributed by atoms with Crippen LogP contribution in [0.4, 0.5) is 15.8 Å². The molecule has 0 saturated carbocycles. The van der Waals surface area contributed by atoms with Gasteiger partial charge in [-0.2, -0.15) is 0 Å². The number of hydrogen-bond acceptors (Lipinski definition) is 5. The fourth-order valence-electron chi connectivity index (χ4n) is 3.72. The highest BCUT2D eigenvalue weighted by atomic mass is 32.2. The number of hydrogen-bond donors (Lipinski definition) is 2. The van der Waals surface area contributed by atoms with Crippen molar-refractivity contribution < 1.29 is 14.0 Å². The number of nitrogens with zero attached hydrogens (tertiary/aromatic N) is 2. The summed E-state index contributed by atoms with van der Waals surface area (Å²) >= 11 is 1.29. The number of aryl methyl sites for hydroxylation is 1. The van der Waals surface area contributed by atoms with Gasteiger partial charge in [-0.25, -0.2) is 4.39 Å². The summed E-state index contributed by atoms with van der Waals surface area (Å²) in [5, 5.41) is 5.36. The molecule has 1 unspecified atom stereocenters. The van der Waals surface area contributed by atoms with E-state index in [9.17, 15) is 14.0 Å². The molecule has 2 N–H and O–H groups in total. The predicted molar refractivity (Wildman–Crippen MR) is 134 cm³/mol. The smallest absolute Gasteiger partial charge is 0.234 e. The number of amides is 2. The molecule has 33 heavy (non-hydrogen) atoms. The maximum absolute atomic E-state index is 12.9. The second-order valence-electron chi connectivity index (χ2n) is 8.32. The average Bonchev–Trinajstić information content (AvgIpc) is 2.82. The molecule has 0 aliphatic carbocycles. The third-order valence-corrected chi connectivity index (χ3v) is 6.79. The Morgan fingerprint density at radius 2 is 1.82 bits per heavy atom. The standard InChI is InChI=1S/C25H33FN4O2S/c1-19-5-3-6-23(17-19)30-15-13-29(14-16-30)12-4-11-27-25(32)20(2)33-18-24(31)28-22-9-7-21(26)8-10-22/h3,5-10,17,20H,4,11-16,18H2,1-2H3,(H,27,32)(H,28,31). The van der Waals surface area contributed by atoms with Gasteiger partial charge in [-0.1, -0.05) is 12.1 Å². The normalized spacial score (nSPS) is 15.2. The summed E-state index contributed by atoms with van der Waals surface area (Å²) in [6.45, 7) is 9.60. The highest BCUT2D eigenvalue weighted by Gasteiger charge is 2.18. The van der Waals surface area contributed by atoms with Gasteiger partial charge < -0.3 is 15.5 Å². The highest BCUT2D eigenvalue weighted by molar-refractivity contribution is 8.01. The number of halogens is 1. The summed E-state index contributed by atoms with van der Waals surface area (Å²) < 4.78 is 12.9. The summed E-state index contributed by atoms with van der Waals surface area (Å²) in [5.41, 5.74) is 3.12. The van der Waals surface area contributed by atoms with Crippen molar-refractivity contribution in [3.05, 3.63) is 59.9 Å². The zero-order chi connectivity index (χ0) is 23.6. The fraction of sp³-hybridized carbons (Fsp3) is 0.440. The van der Waals surface area contributed by atoms with Gasteiger partial charge >= 0.3 is 0 Å². The van der Waals surface area contributed by atoms with Gasteiger partial charge in [0.05, 0.1) is 11.0 Å². The zero-order valence-corrected chi connectivity index (χ0v) is 20.2. The molecular formula is C25H33FN4O2S. The molecule has 1 heterocycles. The summed E-state index contributed by atoms with van der Waals surface area (Å²) in [7, 11) is 0. The van der Waals surface area contributed by atoms with E-state index in [0.717, 1.165) is 39.1 Å². The summed E-state index contributed by atoms with van der Waals surface area (Å²) in [6.07, 6.45) is 0.901. The molecular weight excluding hydrogens is 439 g/mol. The average molecular weight is 473 g/mol. The molecule has 178 valence electrons. The number of thioether (sulfide) groups is 1. The number of rotatable bonds is 10. The Morgan fingerprint density at radius 3 is 2.52 bits per heavy atom. The fourth-order valence-corrected chi connectivity index (χ4v) is 4.43. The predicted octanol–water partition coefficient (Wildman–Crippen LogP) is 3.52. The van der Waals surface area contributed by atoms with Crippen LogP contribution in [0.1, 0.15) is 18.9 Å². The van der Waals surface area contributed by atoms with Crippen LogP contribution in [0.2, 0.25) is 0 Å². The minimum atomic E-state index is -0.350. The van der Waals surface area contributed by atoms with Crippen LogP contribution >= 0.6 is 11.8 Å². The van der Waals surface area contributed by atoms with E-state index in [-0.39, 0.29) is 28.6 Å². The second kappa shape index (κ2) is 12.6. The summed E-state index contributed by atoms with van der Waals surface area (Å²) in [4.78, 5) is 29.2. The van der Waals surface area contributed by atoms with E-state index < -0.39 is 0 Å². The van der Waals surface area contributed by atoms with Gasteiger partial charge in [0, 0.05) is 44.1 Å². The van der Waals surface area contributed by atoms with E-state index in [1.807, 2.05) is 0 Å². The molecule has 2 amide bonds. The maximum Gasteiger partial charge on any atom is 0.234 e. The molecule has 6 nitrogen and oxygen atoms in total. The lowest BCUT2D eigenvalue weighted by molar-refractivity contribution is -0.120. The zero-order valence-electron chi connectivity index (χ0n) is 19.4. The third kappa shape index (κ3) is 8.37. The second-order valence-corrected chi connectivity index (χ2v) is 9.65. The minimum Gasteiger partial charge on any atom is -0.369 e. The molecule has 1 atom stereocenters. The number of nitrogens with one attached hydrogen (secondary N) is 2. The van der Waals surface area contributed by atoms with Gasteiger partial charge in [-0.3, -0.25) is 14.5 Å². The van der Waals surface area contributed by atoms with Gasteiger partial charge in [0.15, 0.2) is 0 Å². The molecule has 8 heteroatoms. The third-order valence-electron chi connectivity index (χ3n) is 5.65. The van der Waals surface area contributed by atoms with Gasteiger partial charge in [-0.15, -0.1) is 11.8 Å². The number of benzene rings is 2. The molecule has 1 aliphatic heterocycles. The van der Waals surface area contributed by atoms with Crippen LogP contribution in [0.15, 0.2) is 48.5 Å². The van der Waals surface area contributed by atoms with Crippen LogP contribution in [0, 0.1) is 12.7 Å². The lowest BCUT2D eigenvalue weighted by Crippen LogP contribution is -2.47. The topological polar surface area (TPSA) is 64.7 Å². The Labute approximate surface area is 199 Å². The summed E-state index contributed by atoms with van der Waals surface area (Å²) in [5.74, 6) is -0.455. The van der Waals surface area contributed by atoms with Crippen molar-refractivity contribution in [2.75, 3.05) is 55.2 Å². The van der Waals surface area contributed by atoms with Crippen LogP contribution in [-0.4, -0.2) is 67.0 Å². The van der Waals surface area contributed by atoms with Crippen molar-refractivity contribution >= 4 is 35.0 Å². The highest BCUT2D eigenvalue weighted by Crippen LogP contribution is 2.18. The van der Waals surface area contributed by atoms with Crippen molar-refractivity contribution in [2.45, 2.75) is 25.5 Å². The largest absolute Gasteiger partial charge is 0.369 e. The number of carbonyl (C=O) groups excluding carboxylic acids is 2. The van der Waals surface area contributed by atoms with Crippen molar-refractivity contribution in [3.8, 4) is 0 Å². The van der Waals surface area contributed by atoms with E-state index in [1.165, 1.54) is 47.3 Å². The number of carbonyl (C=O) groups is 2. The Kier molecular flexibility index (Phi) is 9.57. The number of anilines is 2. The Bertz CT molecular complexity index is 917. The molecule has 3 rings (SSSR count). The lowest BCUT2D eigenvalue weighted by Gasteiger charge is -2.36. The van der Waals surface area contributed by atoms with E-state index in [2.05, 4.69) is 51.6 Å². The van der Waals surface area contributed by atoms with Gasteiger partial charge in [-0.05, 0) is 68.8 Å². The van der Waals surface area contributed by atoms with Crippen molar-refractivity contribution in [1.82, 2.24) is 10.2 Å². The van der Waals surface area contributed by atoms with Crippen molar-refractivity contribution in [1.29, 1.82) is 0 Å². The van der Waals surface area contributed by atoms with Crippen molar-refractivity contribution in [3.63, 3.8) is 0 Å². The Morgan fingerprint density at radius 1 is 1.09 bits per heavy atom. The molecule has 0 bridgehead atoms. The quantitative estimate of drug-likeness (QED) is 0.518. The molecule has 2 aromatic carbocycles. The Hall–Kier alpha value is -2.58. The molecule has 0 radical (unpaired) electrons. The molecule has 1 fully saturated rings.